The number of aromatic hydroxyl groups is 1. The minimum atomic E-state index is -1.26. The molecule has 0 aliphatic carbocycles. The summed E-state index contributed by atoms with van der Waals surface area (Å²) in [5.41, 5.74) is 0.810. The van der Waals surface area contributed by atoms with Crippen molar-refractivity contribution in [2.45, 2.75) is 65.4 Å². The van der Waals surface area contributed by atoms with Gasteiger partial charge in [-0.25, -0.2) is 4.79 Å². The van der Waals surface area contributed by atoms with Crippen LogP contribution < -0.4 is 14.4 Å². The maximum atomic E-state index is 13.1. The van der Waals surface area contributed by atoms with E-state index in [9.17, 15) is 14.7 Å². The molecule has 37 heavy (non-hydrogen) atoms. The number of nitrogens with zero attached hydrogens (tertiary/aromatic N) is 1. The fourth-order valence-corrected chi connectivity index (χ4v) is 5.27. The molecule has 1 heterocycles. The molecule has 3 rings (SSSR count). The first-order valence-corrected chi connectivity index (χ1v) is 13.7. The predicted octanol–water partition coefficient (Wildman–Crippen LogP) is 7.02. The zero-order valence-corrected chi connectivity index (χ0v) is 23.0. The van der Waals surface area contributed by atoms with Gasteiger partial charge in [0.25, 0.3) is 5.91 Å². The Labute approximate surface area is 227 Å². The Morgan fingerprint density at radius 2 is 1.86 bits per heavy atom. The number of rotatable bonds is 13. The van der Waals surface area contributed by atoms with Crippen molar-refractivity contribution < 1.29 is 29.3 Å². The lowest BCUT2D eigenvalue weighted by atomic mass is 10.1. The third kappa shape index (κ3) is 7.49. The topological polar surface area (TPSA) is 96.3 Å². The van der Waals surface area contributed by atoms with Crippen LogP contribution in [0.5, 0.6) is 17.2 Å². The number of unbranched alkanes of at least 4 members (excludes halogenated alkanes) is 4. The van der Waals surface area contributed by atoms with Crippen LogP contribution in [0.4, 0.5) is 5.69 Å². The largest absolute Gasteiger partial charge is 0.507 e. The molecule has 1 amide bonds. The van der Waals surface area contributed by atoms with Crippen LogP contribution in [0.25, 0.3) is 6.08 Å². The van der Waals surface area contributed by atoms with Gasteiger partial charge in [0, 0.05) is 6.07 Å². The fraction of sp³-hybridized carbons (Fsp3) is 0.393. The van der Waals surface area contributed by atoms with Crippen molar-refractivity contribution in [2.75, 3.05) is 11.5 Å². The molecule has 1 aliphatic heterocycles. The zero-order chi connectivity index (χ0) is 26.9. The number of carbonyl (C=O) groups excluding carboxylic acids is 1. The number of hydrogen-bond acceptors (Lipinski definition) is 7. The van der Waals surface area contributed by atoms with Crippen molar-refractivity contribution >= 4 is 51.9 Å². The van der Waals surface area contributed by atoms with E-state index in [1.54, 1.807) is 6.08 Å². The van der Waals surface area contributed by atoms with Gasteiger partial charge in [0.2, 0.25) is 0 Å². The van der Waals surface area contributed by atoms with Crippen LogP contribution in [0.3, 0.4) is 0 Å². The van der Waals surface area contributed by atoms with Gasteiger partial charge < -0.3 is 19.7 Å². The first-order chi connectivity index (χ1) is 17.7. The molecule has 198 valence electrons. The van der Waals surface area contributed by atoms with E-state index in [0.29, 0.717) is 28.7 Å². The molecule has 2 N–H and O–H groups in total. The van der Waals surface area contributed by atoms with E-state index < -0.39 is 11.7 Å². The molecule has 1 fully saturated rings. The summed E-state index contributed by atoms with van der Waals surface area (Å²) < 4.78 is 12.3. The molecule has 0 unspecified atom stereocenters. The summed E-state index contributed by atoms with van der Waals surface area (Å²) in [6.45, 7) is 6.65. The lowest BCUT2D eigenvalue weighted by molar-refractivity contribution is -0.113. The van der Waals surface area contributed by atoms with Gasteiger partial charge in [0.05, 0.1) is 23.3 Å². The van der Waals surface area contributed by atoms with Gasteiger partial charge in [0.15, 0.2) is 15.8 Å². The van der Waals surface area contributed by atoms with E-state index >= 15 is 0 Å². The molecular weight excluding hydrogens is 510 g/mol. The van der Waals surface area contributed by atoms with Crippen molar-refractivity contribution in [1.29, 1.82) is 0 Å². The van der Waals surface area contributed by atoms with Crippen molar-refractivity contribution in [3.63, 3.8) is 0 Å². The van der Waals surface area contributed by atoms with E-state index in [1.165, 1.54) is 48.8 Å². The summed E-state index contributed by atoms with van der Waals surface area (Å²) in [6.07, 6.45) is 8.85. The third-order valence-electron chi connectivity index (χ3n) is 5.87. The molecule has 1 saturated heterocycles. The Kier molecular flexibility index (Phi) is 10.4. The highest BCUT2D eigenvalue weighted by Gasteiger charge is 2.34. The Balaban J connectivity index is 1.75. The molecule has 1 aliphatic rings. The van der Waals surface area contributed by atoms with Gasteiger partial charge in [-0.2, -0.15) is 0 Å². The number of benzene rings is 2. The van der Waals surface area contributed by atoms with Crippen molar-refractivity contribution in [3.8, 4) is 17.2 Å². The Hall–Kier alpha value is -3.04. The summed E-state index contributed by atoms with van der Waals surface area (Å²) in [5, 5.41) is 19.2. The number of phenols is 1. The van der Waals surface area contributed by atoms with Crippen LogP contribution in [0.15, 0.2) is 41.3 Å². The average molecular weight is 544 g/mol. The minimum Gasteiger partial charge on any atom is -0.507 e. The molecule has 2 aromatic rings. The number of anilines is 1. The molecule has 7 nitrogen and oxygen atoms in total. The SMILES string of the molecule is CCCCCCC[C@@H](C)Oc1ccc(/C=C2/SC(=S)N(c3ccc(C(=O)O)c(O)c3)C2=O)cc1OCC. The smallest absolute Gasteiger partial charge is 0.339 e. The number of carboxylic acid groups (broad SMARTS) is 1. The van der Waals surface area contributed by atoms with Crippen LogP contribution in [0.1, 0.15) is 75.2 Å². The van der Waals surface area contributed by atoms with E-state index in [0.717, 1.165) is 30.2 Å². The first kappa shape index (κ1) is 28.5. The predicted molar refractivity (Wildman–Crippen MR) is 152 cm³/mol. The third-order valence-corrected chi connectivity index (χ3v) is 7.17. The Morgan fingerprint density at radius 1 is 1.11 bits per heavy atom. The van der Waals surface area contributed by atoms with Crippen molar-refractivity contribution in [2.24, 2.45) is 0 Å². The highest BCUT2D eigenvalue weighted by molar-refractivity contribution is 8.27. The van der Waals surface area contributed by atoms with Crippen molar-refractivity contribution in [1.82, 2.24) is 0 Å². The molecule has 9 heteroatoms. The molecule has 2 aromatic carbocycles. The summed E-state index contributed by atoms with van der Waals surface area (Å²) in [5.74, 6) is -0.767. The lowest BCUT2D eigenvalue weighted by Gasteiger charge is -2.18. The monoisotopic (exact) mass is 543 g/mol. The molecular formula is C28H33NO6S2. The van der Waals surface area contributed by atoms with E-state index in [1.807, 2.05) is 25.1 Å². The second-order valence-electron chi connectivity index (χ2n) is 8.79. The summed E-state index contributed by atoms with van der Waals surface area (Å²) in [6, 6.07) is 9.48. The van der Waals surface area contributed by atoms with Gasteiger partial charge in [0.1, 0.15) is 11.3 Å². The minimum absolute atomic E-state index is 0.0619. The molecule has 0 aromatic heterocycles. The van der Waals surface area contributed by atoms with E-state index in [2.05, 4.69) is 13.8 Å². The standard InChI is InChI=1S/C28H33NO6S2/c1-4-6-7-8-9-10-18(3)35-23-14-11-19(15-24(23)34-5-2)16-25-26(31)29(28(36)37-25)20-12-13-21(27(32)33)22(30)17-20/h11-18,30H,4-10H2,1-3H3,(H,32,33)/b25-16+/t18-/m1/s1. The van der Waals surface area contributed by atoms with Crippen LogP contribution in [-0.2, 0) is 4.79 Å². The Morgan fingerprint density at radius 3 is 2.54 bits per heavy atom. The Bertz CT molecular complexity index is 1180. The molecule has 0 bridgehead atoms. The van der Waals surface area contributed by atoms with Crippen LogP contribution in [0, 0.1) is 0 Å². The summed E-state index contributed by atoms with van der Waals surface area (Å²) >= 11 is 6.53. The van der Waals surface area contributed by atoms with Crippen LogP contribution >= 0.6 is 24.0 Å². The normalized spacial score (nSPS) is 15.3. The second-order valence-corrected chi connectivity index (χ2v) is 10.5. The summed E-state index contributed by atoms with van der Waals surface area (Å²) in [7, 11) is 0. The molecule has 1 atom stereocenters. The highest BCUT2D eigenvalue weighted by atomic mass is 32.2. The quantitative estimate of drug-likeness (QED) is 0.158. The molecule has 0 radical (unpaired) electrons. The van der Waals surface area contributed by atoms with E-state index in [-0.39, 0.29) is 21.9 Å². The molecule has 0 saturated carbocycles. The highest BCUT2D eigenvalue weighted by Crippen LogP contribution is 2.38. The maximum absolute atomic E-state index is 13.1. The fourth-order valence-electron chi connectivity index (χ4n) is 3.97. The number of carboxylic acids is 1. The number of hydrogen-bond donors (Lipinski definition) is 2. The number of thioether (sulfide) groups is 1. The van der Waals surface area contributed by atoms with Gasteiger partial charge in [-0.05, 0) is 62.6 Å². The number of carbonyl (C=O) groups is 2. The van der Waals surface area contributed by atoms with Gasteiger partial charge in [-0.3, -0.25) is 9.69 Å². The first-order valence-electron chi connectivity index (χ1n) is 12.5. The second kappa shape index (κ2) is 13.5. The number of amides is 1. The van der Waals surface area contributed by atoms with Crippen LogP contribution in [0.2, 0.25) is 0 Å². The zero-order valence-electron chi connectivity index (χ0n) is 21.4. The molecule has 0 spiro atoms. The van der Waals surface area contributed by atoms with Gasteiger partial charge >= 0.3 is 5.97 Å². The van der Waals surface area contributed by atoms with E-state index in [4.69, 9.17) is 26.8 Å². The summed E-state index contributed by atoms with van der Waals surface area (Å²) in [4.78, 5) is 26.0. The number of ether oxygens (including phenoxy) is 2. The number of aromatic carboxylic acids is 1. The number of thiocarbonyl (C=S) groups is 1. The van der Waals surface area contributed by atoms with Gasteiger partial charge in [-0.15, -0.1) is 0 Å². The maximum Gasteiger partial charge on any atom is 0.339 e. The lowest BCUT2D eigenvalue weighted by Crippen LogP contribution is -2.27. The van der Waals surface area contributed by atoms with Gasteiger partial charge in [-0.1, -0.05) is 62.7 Å². The average Bonchev–Trinajstić information content (AvgIpc) is 3.12. The van der Waals surface area contributed by atoms with Crippen LogP contribution in [-0.4, -0.2) is 39.1 Å². The van der Waals surface area contributed by atoms with Crippen molar-refractivity contribution in [3.05, 3.63) is 52.4 Å².